The van der Waals surface area contributed by atoms with Crippen LogP contribution >= 0.6 is 24.0 Å². The molecule has 1 aliphatic rings. The van der Waals surface area contributed by atoms with Gasteiger partial charge in [-0.2, -0.15) is 5.10 Å². The first-order valence-corrected chi connectivity index (χ1v) is 9.37. The van der Waals surface area contributed by atoms with Crippen LogP contribution in [0.25, 0.3) is 0 Å². The molecular formula is C19H30IN7O. The van der Waals surface area contributed by atoms with Gasteiger partial charge in [-0.3, -0.25) is 14.6 Å². The topological polar surface area (TPSA) is 79.6 Å². The molecule has 1 aliphatic heterocycles. The molecule has 1 aromatic heterocycles. The number of benzene rings is 1. The summed E-state index contributed by atoms with van der Waals surface area (Å²) >= 11 is 0. The molecule has 2 heterocycles. The maximum absolute atomic E-state index is 5.61. The van der Waals surface area contributed by atoms with Crippen molar-refractivity contribution in [2.24, 2.45) is 12.0 Å². The molecule has 0 spiro atoms. The van der Waals surface area contributed by atoms with Gasteiger partial charge in [0.05, 0.1) is 19.7 Å². The van der Waals surface area contributed by atoms with E-state index < -0.39 is 0 Å². The molecule has 28 heavy (non-hydrogen) atoms. The molecule has 0 radical (unpaired) electrons. The standard InChI is InChI=1S/C19H29N7O.HI/c1-20-19(22-13-18-23-14-24-25(18)2)21-12-16(26-10-6-7-11-26)15-8-4-5-9-17(15)27-3;/h4-5,8-9,14,16H,6-7,10-13H2,1-3H3,(H2,20,21,22);1H. The minimum Gasteiger partial charge on any atom is -0.496 e. The van der Waals surface area contributed by atoms with Gasteiger partial charge in [-0.25, -0.2) is 4.98 Å². The molecule has 1 aromatic carbocycles. The second-order valence-corrected chi connectivity index (χ2v) is 6.61. The molecule has 1 fully saturated rings. The van der Waals surface area contributed by atoms with Crippen molar-refractivity contribution in [3.05, 3.63) is 42.0 Å². The predicted molar refractivity (Wildman–Crippen MR) is 121 cm³/mol. The van der Waals surface area contributed by atoms with E-state index in [4.69, 9.17) is 4.74 Å². The number of rotatable bonds is 7. The zero-order chi connectivity index (χ0) is 19.1. The summed E-state index contributed by atoms with van der Waals surface area (Å²) in [5.41, 5.74) is 1.21. The Balaban J connectivity index is 0.00000280. The highest BCUT2D eigenvalue weighted by Gasteiger charge is 2.26. The van der Waals surface area contributed by atoms with Gasteiger partial charge in [0, 0.05) is 26.2 Å². The quantitative estimate of drug-likeness (QED) is 0.345. The van der Waals surface area contributed by atoms with Crippen molar-refractivity contribution in [1.29, 1.82) is 0 Å². The highest BCUT2D eigenvalue weighted by molar-refractivity contribution is 14.0. The van der Waals surface area contributed by atoms with Crippen molar-refractivity contribution in [2.45, 2.75) is 25.4 Å². The lowest BCUT2D eigenvalue weighted by molar-refractivity contribution is 0.239. The largest absolute Gasteiger partial charge is 0.496 e. The molecule has 1 unspecified atom stereocenters. The number of guanidine groups is 1. The van der Waals surface area contributed by atoms with E-state index in [9.17, 15) is 0 Å². The summed E-state index contributed by atoms with van der Waals surface area (Å²) < 4.78 is 7.36. The third kappa shape index (κ3) is 5.57. The molecule has 2 N–H and O–H groups in total. The molecule has 1 atom stereocenters. The van der Waals surface area contributed by atoms with Crippen molar-refractivity contribution >= 4 is 29.9 Å². The van der Waals surface area contributed by atoms with Crippen LogP contribution in [-0.4, -0.2) is 59.4 Å². The lowest BCUT2D eigenvalue weighted by atomic mass is 10.0. The number of para-hydroxylation sites is 1. The molecule has 0 saturated carbocycles. The molecule has 3 rings (SSSR count). The number of nitrogens with zero attached hydrogens (tertiary/aromatic N) is 5. The van der Waals surface area contributed by atoms with E-state index in [1.165, 1.54) is 18.4 Å². The Hall–Kier alpha value is -1.88. The van der Waals surface area contributed by atoms with Crippen molar-refractivity contribution in [1.82, 2.24) is 30.3 Å². The first-order chi connectivity index (χ1) is 13.2. The predicted octanol–water partition coefficient (Wildman–Crippen LogP) is 1.94. The Labute approximate surface area is 183 Å². The third-order valence-electron chi connectivity index (χ3n) is 4.98. The maximum Gasteiger partial charge on any atom is 0.191 e. The number of aliphatic imine (C=N–C) groups is 1. The van der Waals surface area contributed by atoms with E-state index in [1.807, 2.05) is 19.2 Å². The van der Waals surface area contributed by atoms with Gasteiger partial charge in [-0.05, 0) is 32.0 Å². The minimum atomic E-state index is 0. The molecular weight excluding hydrogens is 469 g/mol. The highest BCUT2D eigenvalue weighted by atomic mass is 127. The maximum atomic E-state index is 5.61. The Kier molecular flexibility index (Phi) is 8.97. The first kappa shape index (κ1) is 22.4. The number of likely N-dealkylation sites (tertiary alicyclic amines) is 1. The van der Waals surface area contributed by atoms with Gasteiger partial charge in [0.25, 0.3) is 0 Å². The summed E-state index contributed by atoms with van der Waals surface area (Å²) in [6.45, 7) is 3.53. The number of methoxy groups -OCH3 is 1. The van der Waals surface area contributed by atoms with E-state index in [0.29, 0.717) is 6.54 Å². The Morgan fingerprint density at radius 1 is 1.25 bits per heavy atom. The average Bonchev–Trinajstić information content (AvgIpc) is 3.37. The fourth-order valence-electron chi connectivity index (χ4n) is 3.49. The summed E-state index contributed by atoms with van der Waals surface area (Å²) in [6, 6.07) is 8.50. The van der Waals surface area contributed by atoms with E-state index in [0.717, 1.165) is 37.2 Å². The SMILES string of the molecule is CN=C(NCc1ncnn1C)NCC(c1ccccc1OC)N1CCCC1.I. The third-order valence-corrected chi connectivity index (χ3v) is 4.98. The van der Waals surface area contributed by atoms with Crippen molar-refractivity contribution < 1.29 is 4.74 Å². The molecule has 0 amide bonds. The number of halogens is 1. The van der Waals surface area contributed by atoms with E-state index in [1.54, 1.807) is 25.2 Å². The molecule has 9 heteroatoms. The van der Waals surface area contributed by atoms with Gasteiger partial charge < -0.3 is 15.4 Å². The normalized spacial score (nSPS) is 15.8. The first-order valence-electron chi connectivity index (χ1n) is 9.37. The van der Waals surface area contributed by atoms with Crippen LogP contribution in [0.2, 0.25) is 0 Å². The van der Waals surface area contributed by atoms with Crippen LogP contribution in [0.1, 0.15) is 30.3 Å². The monoisotopic (exact) mass is 499 g/mol. The molecule has 1 saturated heterocycles. The zero-order valence-corrected chi connectivity index (χ0v) is 19.1. The zero-order valence-electron chi connectivity index (χ0n) is 16.8. The Morgan fingerprint density at radius 3 is 2.64 bits per heavy atom. The number of hydrogen-bond donors (Lipinski definition) is 2. The summed E-state index contributed by atoms with van der Waals surface area (Å²) in [5, 5.41) is 10.9. The molecule has 0 bridgehead atoms. The second kappa shape index (κ2) is 11.2. The fraction of sp³-hybridized carbons (Fsp3) is 0.526. The van der Waals surface area contributed by atoms with Gasteiger partial charge in [0.1, 0.15) is 17.9 Å². The van der Waals surface area contributed by atoms with Gasteiger partial charge >= 0.3 is 0 Å². The van der Waals surface area contributed by atoms with Crippen molar-refractivity contribution in [3.63, 3.8) is 0 Å². The van der Waals surface area contributed by atoms with Gasteiger partial charge in [-0.1, -0.05) is 18.2 Å². The number of hydrogen-bond acceptors (Lipinski definition) is 5. The molecule has 154 valence electrons. The average molecular weight is 499 g/mol. The fourth-order valence-corrected chi connectivity index (χ4v) is 3.49. The number of aromatic nitrogens is 3. The molecule has 0 aliphatic carbocycles. The van der Waals surface area contributed by atoms with E-state index >= 15 is 0 Å². The summed E-state index contributed by atoms with van der Waals surface area (Å²) in [7, 11) is 5.39. The van der Waals surface area contributed by atoms with Gasteiger partial charge in [-0.15, -0.1) is 24.0 Å². The smallest absolute Gasteiger partial charge is 0.191 e. The van der Waals surface area contributed by atoms with Crippen LogP contribution in [0.3, 0.4) is 0 Å². The van der Waals surface area contributed by atoms with Crippen LogP contribution in [0.15, 0.2) is 35.6 Å². The minimum absolute atomic E-state index is 0. The number of ether oxygens (including phenoxy) is 1. The Bertz CT molecular complexity index is 758. The van der Waals surface area contributed by atoms with Crippen molar-refractivity contribution in [3.8, 4) is 5.75 Å². The second-order valence-electron chi connectivity index (χ2n) is 6.61. The summed E-state index contributed by atoms with van der Waals surface area (Å²) in [6.07, 6.45) is 4.04. The van der Waals surface area contributed by atoms with E-state index in [-0.39, 0.29) is 30.0 Å². The lowest BCUT2D eigenvalue weighted by Crippen LogP contribution is -2.42. The van der Waals surface area contributed by atoms with Crippen LogP contribution < -0.4 is 15.4 Å². The van der Waals surface area contributed by atoms with Crippen molar-refractivity contribution in [2.75, 3.05) is 33.8 Å². The van der Waals surface area contributed by atoms with Crippen LogP contribution in [0.4, 0.5) is 0 Å². The molecule has 8 nitrogen and oxygen atoms in total. The molecule has 2 aromatic rings. The lowest BCUT2D eigenvalue weighted by Gasteiger charge is -2.30. The highest BCUT2D eigenvalue weighted by Crippen LogP contribution is 2.31. The van der Waals surface area contributed by atoms with Gasteiger partial charge in [0.2, 0.25) is 0 Å². The number of nitrogens with one attached hydrogen (secondary N) is 2. The summed E-state index contributed by atoms with van der Waals surface area (Å²) in [5.74, 6) is 2.54. The van der Waals surface area contributed by atoms with E-state index in [2.05, 4.69) is 42.7 Å². The van der Waals surface area contributed by atoms with Crippen LogP contribution in [-0.2, 0) is 13.6 Å². The van der Waals surface area contributed by atoms with Crippen LogP contribution in [0.5, 0.6) is 5.75 Å². The number of aryl methyl sites for hydroxylation is 1. The van der Waals surface area contributed by atoms with Crippen LogP contribution in [0, 0.1) is 0 Å². The Morgan fingerprint density at radius 2 is 2.00 bits per heavy atom. The van der Waals surface area contributed by atoms with Gasteiger partial charge in [0.15, 0.2) is 5.96 Å². The summed E-state index contributed by atoms with van der Waals surface area (Å²) in [4.78, 5) is 11.1.